The molecule has 2 aromatic carbocycles. The Kier molecular flexibility index (Phi) is 5.95. The van der Waals surface area contributed by atoms with Gasteiger partial charge in [0.15, 0.2) is 0 Å². The minimum absolute atomic E-state index is 0.0462. The lowest BCUT2D eigenvalue weighted by molar-refractivity contribution is 0.0950. The van der Waals surface area contributed by atoms with Crippen LogP contribution < -0.4 is 14.8 Å². The molecule has 1 aromatic heterocycles. The summed E-state index contributed by atoms with van der Waals surface area (Å²) < 4.78 is 32.5. The number of carbonyl (C=O) groups is 1. The molecule has 3 rings (SSSR count). The summed E-state index contributed by atoms with van der Waals surface area (Å²) >= 11 is 0. The molecule has 0 atom stereocenters. The molecule has 0 aliphatic rings. The van der Waals surface area contributed by atoms with E-state index in [0.717, 1.165) is 5.56 Å². The van der Waals surface area contributed by atoms with Gasteiger partial charge in [0, 0.05) is 6.54 Å². The molecule has 1 amide bonds. The summed E-state index contributed by atoms with van der Waals surface area (Å²) in [7, 11) is -2.38. The standard InChI is InChI=1S/C19H20N4O4S/c1-27-15-7-9-16(10-8-15)28(25,26)23-17-13-21-22-18(17)19(24)20-12-11-14-5-3-2-4-6-14/h2-10,13,23H,11-12H2,1H3,(H,20,24)(H,21,22). The highest BCUT2D eigenvalue weighted by Crippen LogP contribution is 2.20. The molecular formula is C19H20N4O4S. The highest BCUT2D eigenvalue weighted by molar-refractivity contribution is 7.92. The van der Waals surface area contributed by atoms with Crippen molar-refractivity contribution in [2.24, 2.45) is 0 Å². The number of sulfonamides is 1. The van der Waals surface area contributed by atoms with Crippen LogP contribution >= 0.6 is 0 Å². The second-order valence-electron chi connectivity index (χ2n) is 5.93. The molecule has 0 saturated heterocycles. The van der Waals surface area contributed by atoms with Gasteiger partial charge >= 0.3 is 0 Å². The number of nitrogens with one attached hydrogen (secondary N) is 3. The first kappa shape index (κ1) is 19.4. The van der Waals surface area contributed by atoms with Gasteiger partial charge in [-0.3, -0.25) is 14.6 Å². The summed E-state index contributed by atoms with van der Waals surface area (Å²) in [5, 5.41) is 9.07. The number of carbonyl (C=O) groups excluding carboxylic acids is 1. The summed E-state index contributed by atoms with van der Waals surface area (Å²) in [6.45, 7) is 0.409. The number of ether oxygens (including phenoxy) is 1. The Balaban J connectivity index is 1.66. The zero-order valence-electron chi connectivity index (χ0n) is 15.2. The van der Waals surface area contributed by atoms with Crippen LogP contribution in [0.2, 0.25) is 0 Å². The van der Waals surface area contributed by atoms with Gasteiger partial charge in [-0.1, -0.05) is 30.3 Å². The Morgan fingerprint density at radius 3 is 2.50 bits per heavy atom. The molecule has 0 spiro atoms. The topological polar surface area (TPSA) is 113 Å². The third-order valence-corrected chi connectivity index (χ3v) is 5.40. The van der Waals surface area contributed by atoms with Gasteiger partial charge in [0.05, 0.1) is 23.9 Å². The molecule has 0 fully saturated rings. The van der Waals surface area contributed by atoms with Gasteiger partial charge in [0.25, 0.3) is 15.9 Å². The van der Waals surface area contributed by atoms with Crippen molar-refractivity contribution >= 4 is 21.6 Å². The zero-order chi connectivity index (χ0) is 20.0. The van der Waals surface area contributed by atoms with Crippen LogP contribution in [0.4, 0.5) is 5.69 Å². The molecule has 0 aliphatic heterocycles. The molecule has 3 N–H and O–H groups in total. The second-order valence-corrected chi connectivity index (χ2v) is 7.61. The number of hydrogen-bond donors (Lipinski definition) is 3. The van der Waals surface area contributed by atoms with E-state index in [-0.39, 0.29) is 16.3 Å². The molecule has 8 nitrogen and oxygen atoms in total. The number of amides is 1. The average Bonchev–Trinajstić information content (AvgIpc) is 3.16. The molecule has 28 heavy (non-hydrogen) atoms. The van der Waals surface area contributed by atoms with Gasteiger partial charge < -0.3 is 10.1 Å². The van der Waals surface area contributed by atoms with Crippen LogP contribution in [0.15, 0.2) is 65.7 Å². The smallest absolute Gasteiger partial charge is 0.271 e. The number of nitrogens with zero attached hydrogens (tertiary/aromatic N) is 1. The number of rotatable bonds is 8. The predicted octanol–water partition coefficient (Wildman–Crippen LogP) is 2.19. The zero-order valence-corrected chi connectivity index (χ0v) is 16.0. The van der Waals surface area contributed by atoms with Crippen LogP contribution in [0.5, 0.6) is 5.75 Å². The van der Waals surface area contributed by atoms with Crippen molar-refractivity contribution < 1.29 is 17.9 Å². The first-order valence-corrected chi connectivity index (χ1v) is 10.0. The fraction of sp³-hybridized carbons (Fsp3) is 0.158. The van der Waals surface area contributed by atoms with E-state index in [2.05, 4.69) is 20.2 Å². The van der Waals surface area contributed by atoms with Gasteiger partial charge in [0.1, 0.15) is 11.4 Å². The van der Waals surface area contributed by atoms with Crippen molar-refractivity contribution in [3.05, 3.63) is 72.1 Å². The van der Waals surface area contributed by atoms with Gasteiger partial charge in [-0.05, 0) is 36.2 Å². The molecule has 0 aliphatic carbocycles. The maximum absolute atomic E-state index is 12.5. The van der Waals surface area contributed by atoms with E-state index in [0.29, 0.717) is 18.7 Å². The quantitative estimate of drug-likeness (QED) is 0.536. The van der Waals surface area contributed by atoms with Crippen LogP contribution in [0.3, 0.4) is 0 Å². The largest absolute Gasteiger partial charge is 0.497 e. The molecule has 3 aromatic rings. The lowest BCUT2D eigenvalue weighted by Crippen LogP contribution is -2.27. The molecule has 0 unspecified atom stereocenters. The van der Waals surface area contributed by atoms with Crippen molar-refractivity contribution in [1.29, 1.82) is 0 Å². The number of aromatic amines is 1. The summed E-state index contributed by atoms with van der Waals surface area (Å²) in [6, 6.07) is 15.6. The number of methoxy groups -OCH3 is 1. The Bertz CT molecular complexity index is 1030. The average molecular weight is 400 g/mol. The van der Waals surface area contributed by atoms with Gasteiger partial charge in [-0.2, -0.15) is 5.10 Å². The number of hydrogen-bond acceptors (Lipinski definition) is 5. The van der Waals surface area contributed by atoms with E-state index in [1.807, 2.05) is 30.3 Å². The normalized spacial score (nSPS) is 11.0. The van der Waals surface area contributed by atoms with E-state index in [1.54, 1.807) is 12.1 Å². The molecule has 0 radical (unpaired) electrons. The van der Waals surface area contributed by atoms with Crippen molar-refractivity contribution in [3.63, 3.8) is 0 Å². The van der Waals surface area contributed by atoms with Crippen molar-refractivity contribution in [2.45, 2.75) is 11.3 Å². The first-order valence-electron chi connectivity index (χ1n) is 8.52. The molecule has 1 heterocycles. The molecule has 9 heteroatoms. The number of H-pyrrole nitrogens is 1. The van der Waals surface area contributed by atoms with E-state index >= 15 is 0 Å². The summed E-state index contributed by atoms with van der Waals surface area (Å²) in [6.07, 6.45) is 1.92. The van der Waals surface area contributed by atoms with Crippen LogP contribution in [0.1, 0.15) is 16.1 Å². The SMILES string of the molecule is COc1ccc(S(=O)(=O)Nc2cn[nH]c2C(=O)NCCc2ccccc2)cc1. The first-order chi connectivity index (χ1) is 13.5. The lowest BCUT2D eigenvalue weighted by Gasteiger charge is -2.09. The minimum Gasteiger partial charge on any atom is -0.497 e. The van der Waals surface area contributed by atoms with E-state index in [9.17, 15) is 13.2 Å². The van der Waals surface area contributed by atoms with Gasteiger partial charge in [-0.15, -0.1) is 0 Å². The second kappa shape index (κ2) is 8.57. The van der Waals surface area contributed by atoms with Crippen molar-refractivity contribution in [3.8, 4) is 5.75 Å². The van der Waals surface area contributed by atoms with E-state index < -0.39 is 15.9 Å². The number of aromatic nitrogens is 2. The monoisotopic (exact) mass is 400 g/mol. The van der Waals surface area contributed by atoms with E-state index in [1.165, 1.54) is 25.4 Å². The Hall–Kier alpha value is -3.33. The maximum atomic E-state index is 12.5. The number of benzene rings is 2. The highest BCUT2D eigenvalue weighted by atomic mass is 32.2. The molecule has 0 saturated carbocycles. The highest BCUT2D eigenvalue weighted by Gasteiger charge is 2.20. The van der Waals surface area contributed by atoms with Crippen LogP contribution in [-0.2, 0) is 16.4 Å². The van der Waals surface area contributed by atoms with Gasteiger partial charge in [0.2, 0.25) is 0 Å². The molecule has 0 bridgehead atoms. The lowest BCUT2D eigenvalue weighted by atomic mass is 10.1. The maximum Gasteiger partial charge on any atom is 0.271 e. The van der Waals surface area contributed by atoms with E-state index in [4.69, 9.17) is 4.74 Å². The molecular weight excluding hydrogens is 380 g/mol. The summed E-state index contributed by atoms with van der Waals surface area (Å²) in [4.78, 5) is 12.4. The fourth-order valence-electron chi connectivity index (χ4n) is 2.55. The Labute approximate surface area is 163 Å². The predicted molar refractivity (Wildman–Crippen MR) is 105 cm³/mol. The fourth-order valence-corrected chi connectivity index (χ4v) is 3.61. The van der Waals surface area contributed by atoms with Crippen LogP contribution in [0.25, 0.3) is 0 Å². The third-order valence-electron chi connectivity index (χ3n) is 4.02. The molecule has 146 valence electrons. The van der Waals surface area contributed by atoms with Crippen molar-refractivity contribution in [2.75, 3.05) is 18.4 Å². The van der Waals surface area contributed by atoms with Crippen LogP contribution in [-0.4, -0.2) is 38.2 Å². The van der Waals surface area contributed by atoms with Crippen LogP contribution in [0, 0.1) is 0 Å². The van der Waals surface area contributed by atoms with Crippen molar-refractivity contribution in [1.82, 2.24) is 15.5 Å². The van der Waals surface area contributed by atoms with Gasteiger partial charge in [-0.25, -0.2) is 8.42 Å². The number of anilines is 1. The minimum atomic E-state index is -3.87. The Morgan fingerprint density at radius 1 is 1.11 bits per heavy atom. The summed E-state index contributed by atoms with van der Waals surface area (Å²) in [5.41, 5.74) is 1.21. The summed E-state index contributed by atoms with van der Waals surface area (Å²) in [5.74, 6) is 0.0987. The third kappa shape index (κ3) is 4.68. The Morgan fingerprint density at radius 2 is 1.82 bits per heavy atom.